The number of anilines is 1. The lowest BCUT2D eigenvalue weighted by molar-refractivity contribution is -0.385. The number of benzene rings is 2. The van der Waals surface area contributed by atoms with Crippen molar-refractivity contribution in [2.75, 3.05) is 11.9 Å². The largest absolute Gasteiger partial charge is 0.454 e. The number of hydrogen-bond acceptors (Lipinski definition) is 6. The SMILES string of the molecule is Cc1ccc(NC(=O)COC(=O)C(NC(=O)c2ccccc2)C(C)C)cc1[N+](=O)[O-]. The maximum Gasteiger partial charge on any atom is 0.329 e. The van der Waals surface area contributed by atoms with Crippen LogP contribution in [0.25, 0.3) is 0 Å². The number of nitro groups is 1. The van der Waals surface area contributed by atoms with Gasteiger partial charge < -0.3 is 15.4 Å². The van der Waals surface area contributed by atoms with Gasteiger partial charge in [-0.05, 0) is 31.0 Å². The van der Waals surface area contributed by atoms with Crippen LogP contribution in [0.15, 0.2) is 48.5 Å². The molecule has 0 heterocycles. The number of amides is 2. The van der Waals surface area contributed by atoms with Gasteiger partial charge in [-0.2, -0.15) is 0 Å². The Morgan fingerprint density at radius 1 is 1.10 bits per heavy atom. The van der Waals surface area contributed by atoms with Crippen LogP contribution in [0.2, 0.25) is 0 Å². The van der Waals surface area contributed by atoms with Gasteiger partial charge in [-0.25, -0.2) is 4.79 Å². The van der Waals surface area contributed by atoms with E-state index in [4.69, 9.17) is 4.74 Å². The summed E-state index contributed by atoms with van der Waals surface area (Å²) in [6.45, 7) is 4.47. The lowest BCUT2D eigenvalue weighted by atomic mass is 10.0. The number of carbonyl (C=O) groups is 3. The number of nitro benzene ring substituents is 1. The van der Waals surface area contributed by atoms with Gasteiger partial charge in [0, 0.05) is 22.9 Å². The van der Waals surface area contributed by atoms with Crippen LogP contribution in [-0.4, -0.2) is 35.4 Å². The van der Waals surface area contributed by atoms with Crippen molar-refractivity contribution in [2.45, 2.75) is 26.8 Å². The number of carbonyl (C=O) groups excluding carboxylic acids is 3. The molecule has 9 nitrogen and oxygen atoms in total. The van der Waals surface area contributed by atoms with E-state index in [1.165, 1.54) is 18.2 Å². The molecule has 0 aliphatic heterocycles. The number of ether oxygens (including phenoxy) is 1. The highest BCUT2D eigenvalue weighted by Crippen LogP contribution is 2.22. The Kier molecular flexibility index (Phi) is 7.62. The van der Waals surface area contributed by atoms with Gasteiger partial charge in [-0.3, -0.25) is 19.7 Å². The summed E-state index contributed by atoms with van der Waals surface area (Å²) in [7, 11) is 0. The van der Waals surface area contributed by atoms with Crippen molar-refractivity contribution in [3.05, 3.63) is 69.8 Å². The Morgan fingerprint density at radius 2 is 1.77 bits per heavy atom. The molecule has 0 saturated carbocycles. The normalized spacial score (nSPS) is 11.5. The summed E-state index contributed by atoms with van der Waals surface area (Å²) in [4.78, 5) is 47.2. The van der Waals surface area contributed by atoms with E-state index in [0.29, 0.717) is 11.1 Å². The molecule has 9 heteroatoms. The second kappa shape index (κ2) is 10.1. The second-order valence-corrected chi connectivity index (χ2v) is 6.98. The fraction of sp³-hybridized carbons (Fsp3) is 0.286. The summed E-state index contributed by atoms with van der Waals surface area (Å²) >= 11 is 0. The molecule has 30 heavy (non-hydrogen) atoms. The molecule has 0 radical (unpaired) electrons. The van der Waals surface area contributed by atoms with Crippen molar-refractivity contribution in [3.8, 4) is 0 Å². The van der Waals surface area contributed by atoms with Crippen LogP contribution in [0.4, 0.5) is 11.4 Å². The molecular formula is C21H23N3O6. The fourth-order valence-electron chi connectivity index (χ4n) is 2.62. The molecule has 1 atom stereocenters. The van der Waals surface area contributed by atoms with Gasteiger partial charge in [0.2, 0.25) is 0 Å². The van der Waals surface area contributed by atoms with E-state index in [-0.39, 0.29) is 17.3 Å². The smallest absolute Gasteiger partial charge is 0.329 e. The molecule has 2 amide bonds. The maximum absolute atomic E-state index is 12.4. The van der Waals surface area contributed by atoms with Crippen LogP contribution in [0.1, 0.15) is 29.8 Å². The van der Waals surface area contributed by atoms with Crippen molar-refractivity contribution in [1.82, 2.24) is 5.32 Å². The molecule has 2 N–H and O–H groups in total. The Bertz CT molecular complexity index is 943. The van der Waals surface area contributed by atoms with E-state index in [1.807, 2.05) is 0 Å². The number of esters is 1. The summed E-state index contributed by atoms with van der Waals surface area (Å²) in [5.74, 6) is -2.10. The van der Waals surface area contributed by atoms with E-state index in [2.05, 4.69) is 10.6 Å². The van der Waals surface area contributed by atoms with Crippen molar-refractivity contribution >= 4 is 29.2 Å². The minimum absolute atomic E-state index is 0.131. The third kappa shape index (κ3) is 6.13. The van der Waals surface area contributed by atoms with Crippen LogP contribution in [0, 0.1) is 23.0 Å². The highest BCUT2D eigenvalue weighted by atomic mass is 16.6. The predicted octanol–water partition coefficient (Wildman–Crippen LogP) is 2.84. The quantitative estimate of drug-likeness (QED) is 0.389. The van der Waals surface area contributed by atoms with E-state index in [0.717, 1.165) is 0 Å². The third-order valence-electron chi connectivity index (χ3n) is 4.28. The Hall–Kier alpha value is -3.75. The monoisotopic (exact) mass is 413 g/mol. The van der Waals surface area contributed by atoms with E-state index >= 15 is 0 Å². The molecule has 0 spiro atoms. The van der Waals surface area contributed by atoms with E-state index in [9.17, 15) is 24.5 Å². The van der Waals surface area contributed by atoms with Gasteiger partial charge in [0.05, 0.1) is 4.92 Å². The number of nitrogens with zero attached hydrogens (tertiary/aromatic N) is 1. The number of nitrogens with one attached hydrogen (secondary N) is 2. The Morgan fingerprint density at radius 3 is 2.37 bits per heavy atom. The van der Waals surface area contributed by atoms with Crippen molar-refractivity contribution < 1.29 is 24.0 Å². The first-order chi connectivity index (χ1) is 14.2. The number of aryl methyl sites for hydroxylation is 1. The highest BCUT2D eigenvalue weighted by molar-refractivity contribution is 5.97. The number of hydrogen-bond donors (Lipinski definition) is 2. The molecule has 0 aromatic heterocycles. The minimum atomic E-state index is -0.939. The first-order valence-corrected chi connectivity index (χ1v) is 9.26. The topological polar surface area (TPSA) is 128 Å². The molecule has 0 saturated heterocycles. The van der Waals surface area contributed by atoms with Crippen molar-refractivity contribution in [2.24, 2.45) is 5.92 Å². The molecule has 0 fully saturated rings. The Labute approximate surface area is 173 Å². The van der Waals surface area contributed by atoms with Gasteiger partial charge in [0.1, 0.15) is 6.04 Å². The molecule has 158 valence electrons. The van der Waals surface area contributed by atoms with Gasteiger partial charge in [0.25, 0.3) is 17.5 Å². The van der Waals surface area contributed by atoms with Crippen molar-refractivity contribution in [3.63, 3.8) is 0 Å². The van der Waals surface area contributed by atoms with Gasteiger partial charge in [0.15, 0.2) is 6.61 Å². The van der Waals surface area contributed by atoms with Crippen LogP contribution >= 0.6 is 0 Å². The predicted molar refractivity (Wildman–Crippen MR) is 110 cm³/mol. The minimum Gasteiger partial charge on any atom is -0.454 e. The first-order valence-electron chi connectivity index (χ1n) is 9.26. The lowest BCUT2D eigenvalue weighted by Gasteiger charge is -2.20. The average molecular weight is 413 g/mol. The van der Waals surface area contributed by atoms with Crippen molar-refractivity contribution in [1.29, 1.82) is 0 Å². The summed E-state index contributed by atoms with van der Waals surface area (Å²) in [5, 5.41) is 16.1. The van der Waals surface area contributed by atoms with Gasteiger partial charge >= 0.3 is 5.97 Å². The molecular weight excluding hydrogens is 390 g/mol. The first kappa shape index (κ1) is 22.5. The standard InChI is InChI=1S/C21H23N3O6/c1-13(2)19(23-20(26)15-7-5-4-6-8-15)21(27)30-12-18(25)22-16-10-9-14(3)17(11-16)24(28)29/h4-11,13,19H,12H2,1-3H3,(H,22,25)(H,23,26). The lowest BCUT2D eigenvalue weighted by Crippen LogP contribution is -2.45. The molecule has 2 aromatic rings. The summed E-state index contributed by atoms with van der Waals surface area (Å²) in [5.41, 5.74) is 0.937. The van der Waals surface area contributed by atoms with E-state index in [1.54, 1.807) is 51.1 Å². The summed E-state index contributed by atoms with van der Waals surface area (Å²) < 4.78 is 5.04. The molecule has 1 unspecified atom stereocenters. The molecule has 0 aliphatic carbocycles. The maximum atomic E-state index is 12.4. The summed E-state index contributed by atoms with van der Waals surface area (Å²) in [6.07, 6.45) is 0. The number of rotatable bonds is 8. The zero-order chi connectivity index (χ0) is 22.3. The van der Waals surface area contributed by atoms with Gasteiger partial charge in [-0.15, -0.1) is 0 Å². The van der Waals surface area contributed by atoms with Crippen LogP contribution in [0.3, 0.4) is 0 Å². The molecule has 0 aliphatic rings. The molecule has 2 rings (SSSR count). The second-order valence-electron chi connectivity index (χ2n) is 6.98. The molecule has 0 bridgehead atoms. The zero-order valence-corrected chi connectivity index (χ0v) is 16.9. The van der Waals surface area contributed by atoms with E-state index < -0.39 is 35.4 Å². The fourth-order valence-corrected chi connectivity index (χ4v) is 2.62. The Balaban J connectivity index is 1.95. The average Bonchev–Trinajstić information content (AvgIpc) is 2.71. The highest BCUT2D eigenvalue weighted by Gasteiger charge is 2.26. The third-order valence-corrected chi connectivity index (χ3v) is 4.28. The van der Waals surface area contributed by atoms with Crippen LogP contribution < -0.4 is 10.6 Å². The summed E-state index contributed by atoms with van der Waals surface area (Å²) in [6, 6.07) is 11.7. The van der Waals surface area contributed by atoms with Crippen LogP contribution in [0.5, 0.6) is 0 Å². The zero-order valence-electron chi connectivity index (χ0n) is 16.9. The van der Waals surface area contributed by atoms with Crippen LogP contribution in [-0.2, 0) is 14.3 Å². The molecule has 2 aromatic carbocycles. The van der Waals surface area contributed by atoms with Gasteiger partial charge in [-0.1, -0.05) is 38.1 Å².